The molecule has 0 spiro atoms. The van der Waals surface area contributed by atoms with Gasteiger partial charge in [-0.05, 0) is 45.3 Å². The summed E-state index contributed by atoms with van der Waals surface area (Å²) in [5, 5.41) is 3.28. The lowest BCUT2D eigenvalue weighted by molar-refractivity contribution is 0.278. The lowest BCUT2D eigenvalue weighted by Gasteiger charge is -2.21. The third-order valence-corrected chi connectivity index (χ3v) is 3.13. The lowest BCUT2D eigenvalue weighted by atomic mass is 9.93. The Kier molecular flexibility index (Phi) is 3.74. The maximum Gasteiger partial charge on any atom is 0.00479 e. The Labute approximate surface area is 82.7 Å². The van der Waals surface area contributed by atoms with E-state index in [2.05, 4.69) is 31.0 Å². The summed E-state index contributed by atoms with van der Waals surface area (Å²) in [5.74, 6) is 0. The van der Waals surface area contributed by atoms with Crippen molar-refractivity contribution in [3.05, 3.63) is 0 Å². The first kappa shape index (κ1) is 11.0. The fourth-order valence-electron chi connectivity index (χ4n) is 1.94. The summed E-state index contributed by atoms with van der Waals surface area (Å²) in [5.41, 5.74) is 0.558. The quantitative estimate of drug-likeness (QED) is 0.715. The van der Waals surface area contributed by atoms with Crippen LogP contribution in [0.4, 0.5) is 0 Å². The molecule has 0 amide bonds. The van der Waals surface area contributed by atoms with E-state index in [0.717, 1.165) is 0 Å². The zero-order valence-electron chi connectivity index (χ0n) is 9.56. The monoisotopic (exact) mass is 184 g/mol. The number of rotatable bonds is 4. The molecule has 0 bridgehead atoms. The van der Waals surface area contributed by atoms with E-state index in [4.69, 9.17) is 0 Å². The van der Waals surface area contributed by atoms with Crippen LogP contribution in [0, 0.1) is 5.41 Å². The van der Waals surface area contributed by atoms with Crippen LogP contribution in [0.2, 0.25) is 0 Å². The minimum absolute atomic E-state index is 0.558. The molecule has 0 aromatic heterocycles. The van der Waals surface area contributed by atoms with Crippen LogP contribution in [-0.2, 0) is 0 Å². The van der Waals surface area contributed by atoms with Crippen molar-refractivity contribution >= 4 is 0 Å². The number of hydrogen-bond donors (Lipinski definition) is 1. The highest BCUT2D eigenvalue weighted by atomic mass is 15.2. The van der Waals surface area contributed by atoms with Gasteiger partial charge in [-0.2, -0.15) is 0 Å². The number of hydrogen-bond acceptors (Lipinski definition) is 2. The van der Waals surface area contributed by atoms with Gasteiger partial charge in [-0.25, -0.2) is 0 Å². The molecule has 1 N–H and O–H groups in total. The Morgan fingerprint density at radius 1 is 1.46 bits per heavy atom. The second-order valence-corrected chi connectivity index (χ2v) is 5.17. The molecule has 1 heterocycles. The SMILES string of the molecule is CNC(C)CCN1CCC(C)(C)C1. The molecule has 1 rings (SSSR count). The summed E-state index contributed by atoms with van der Waals surface area (Å²) in [6.45, 7) is 10.8. The Bertz CT molecular complexity index is 154. The summed E-state index contributed by atoms with van der Waals surface area (Å²) in [6, 6.07) is 0.656. The molecule has 2 nitrogen and oxygen atoms in total. The lowest BCUT2D eigenvalue weighted by Crippen LogP contribution is -2.30. The molecule has 1 aliphatic rings. The molecule has 0 saturated carbocycles. The van der Waals surface area contributed by atoms with E-state index in [0.29, 0.717) is 11.5 Å². The van der Waals surface area contributed by atoms with Crippen LogP contribution < -0.4 is 5.32 Å². The molecule has 0 aromatic rings. The van der Waals surface area contributed by atoms with Gasteiger partial charge in [-0.1, -0.05) is 13.8 Å². The average Bonchev–Trinajstić information content (AvgIpc) is 2.41. The van der Waals surface area contributed by atoms with Crippen LogP contribution >= 0.6 is 0 Å². The van der Waals surface area contributed by atoms with Crippen molar-refractivity contribution in [1.29, 1.82) is 0 Å². The van der Waals surface area contributed by atoms with E-state index in [1.165, 1.54) is 32.5 Å². The summed E-state index contributed by atoms with van der Waals surface area (Å²) < 4.78 is 0. The molecular formula is C11H24N2. The molecule has 13 heavy (non-hydrogen) atoms. The van der Waals surface area contributed by atoms with Gasteiger partial charge < -0.3 is 10.2 Å². The fourth-order valence-corrected chi connectivity index (χ4v) is 1.94. The number of likely N-dealkylation sites (tertiary alicyclic amines) is 1. The minimum Gasteiger partial charge on any atom is -0.317 e. The van der Waals surface area contributed by atoms with E-state index in [9.17, 15) is 0 Å². The second kappa shape index (κ2) is 4.43. The van der Waals surface area contributed by atoms with Crippen molar-refractivity contribution in [1.82, 2.24) is 10.2 Å². The third-order valence-electron chi connectivity index (χ3n) is 3.13. The Morgan fingerprint density at radius 2 is 2.15 bits per heavy atom. The van der Waals surface area contributed by atoms with Gasteiger partial charge in [0.1, 0.15) is 0 Å². The fraction of sp³-hybridized carbons (Fsp3) is 1.00. The zero-order chi connectivity index (χ0) is 9.90. The number of nitrogens with zero attached hydrogens (tertiary/aromatic N) is 1. The predicted octanol–water partition coefficient (Wildman–Crippen LogP) is 1.72. The molecule has 2 heteroatoms. The van der Waals surface area contributed by atoms with Gasteiger partial charge in [0.2, 0.25) is 0 Å². The molecule has 1 saturated heterocycles. The molecule has 1 aliphatic heterocycles. The standard InChI is InChI=1S/C11H24N2/c1-10(12-4)5-7-13-8-6-11(2,3)9-13/h10,12H,5-9H2,1-4H3. The van der Waals surface area contributed by atoms with Crippen LogP contribution in [0.1, 0.15) is 33.6 Å². The van der Waals surface area contributed by atoms with E-state index in [-0.39, 0.29) is 0 Å². The van der Waals surface area contributed by atoms with E-state index in [1.54, 1.807) is 0 Å². The Hall–Kier alpha value is -0.0800. The first-order valence-corrected chi connectivity index (χ1v) is 5.43. The molecule has 1 unspecified atom stereocenters. The third kappa shape index (κ3) is 3.65. The maximum absolute atomic E-state index is 3.28. The number of nitrogens with one attached hydrogen (secondary N) is 1. The highest BCUT2D eigenvalue weighted by Gasteiger charge is 2.28. The topological polar surface area (TPSA) is 15.3 Å². The van der Waals surface area contributed by atoms with Crippen LogP contribution in [0.5, 0.6) is 0 Å². The summed E-state index contributed by atoms with van der Waals surface area (Å²) in [7, 11) is 2.04. The molecule has 0 radical (unpaired) electrons. The normalized spacial score (nSPS) is 24.9. The van der Waals surface area contributed by atoms with Crippen molar-refractivity contribution in [2.45, 2.75) is 39.7 Å². The van der Waals surface area contributed by atoms with Gasteiger partial charge in [0.15, 0.2) is 0 Å². The van der Waals surface area contributed by atoms with Crippen LogP contribution in [-0.4, -0.2) is 37.6 Å². The van der Waals surface area contributed by atoms with E-state index in [1.807, 2.05) is 7.05 Å². The van der Waals surface area contributed by atoms with Gasteiger partial charge in [0.25, 0.3) is 0 Å². The van der Waals surface area contributed by atoms with Gasteiger partial charge in [0, 0.05) is 12.6 Å². The second-order valence-electron chi connectivity index (χ2n) is 5.17. The largest absolute Gasteiger partial charge is 0.317 e. The molecule has 1 atom stereocenters. The highest BCUT2D eigenvalue weighted by molar-refractivity contribution is 4.82. The van der Waals surface area contributed by atoms with Crippen LogP contribution in [0.25, 0.3) is 0 Å². The average molecular weight is 184 g/mol. The Balaban J connectivity index is 2.17. The summed E-state index contributed by atoms with van der Waals surface area (Å²) >= 11 is 0. The van der Waals surface area contributed by atoms with Crippen LogP contribution in [0.3, 0.4) is 0 Å². The van der Waals surface area contributed by atoms with Crippen molar-refractivity contribution in [3.8, 4) is 0 Å². The van der Waals surface area contributed by atoms with E-state index < -0.39 is 0 Å². The van der Waals surface area contributed by atoms with Crippen molar-refractivity contribution < 1.29 is 0 Å². The minimum atomic E-state index is 0.558. The molecular weight excluding hydrogens is 160 g/mol. The van der Waals surface area contributed by atoms with Gasteiger partial charge in [0.05, 0.1) is 0 Å². The summed E-state index contributed by atoms with van der Waals surface area (Å²) in [6.07, 6.45) is 2.63. The molecule has 0 aromatic carbocycles. The molecule has 1 fully saturated rings. The van der Waals surface area contributed by atoms with Gasteiger partial charge in [-0.15, -0.1) is 0 Å². The van der Waals surface area contributed by atoms with E-state index >= 15 is 0 Å². The van der Waals surface area contributed by atoms with Gasteiger partial charge in [-0.3, -0.25) is 0 Å². The summed E-state index contributed by atoms with van der Waals surface area (Å²) in [4.78, 5) is 2.59. The maximum atomic E-state index is 3.28. The Morgan fingerprint density at radius 3 is 2.62 bits per heavy atom. The first-order chi connectivity index (χ1) is 6.03. The highest BCUT2D eigenvalue weighted by Crippen LogP contribution is 2.28. The first-order valence-electron chi connectivity index (χ1n) is 5.43. The van der Waals surface area contributed by atoms with Crippen molar-refractivity contribution in [2.24, 2.45) is 5.41 Å². The zero-order valence-corrected chi connectivity index (χ0v) is 9.56. The smallest absolute Gasteiger partial charge is 0.00479 e. The molecule has 78 valence electrons. The van der Waals surface area contributed by atoms with Crippen molar-refractivity contribution in [3.63, 3.8) is 0 Å². The van der Waals surface area contributed by atoms with Crippen LogP contribution in [0.15, 0.2) is 0 Å². The van der Waals surface area contributed by atoms with Gasteiger partial charge >= 0.3 is 0 Å². The molecule has 0 aliphatic carbocycles. The predicted molar refractivity (Wildman–Crippen MR) is 58.0 cm³/mol. The van der Waals surface area contributed by atoms with Crippen molar-refractivity contribution in [2.75, 3.05) is 26.7 Å².